The van der Waals surface area contributed by atoms with Crippen molar-refractivity contribution < 1.29 is 4.57 Å². The third-order valence-electron chi connectivity index (χ3n) is 7.79. The first kappa shape index (κ1) is 28.2. The fourth-order valence-corrected chi connectivity index (χ4v) is 5.83. The number of aryl methyl sites for hydroxylation is 2. The lowest BCUT2D eigenvalue weighted by Gasteiger charge is -2.44. The Morgan fingerprint density at radius 1 is 0.538 bits per heavy atom. The van der Waals surface area contributed by atoms with E-state index in [1.807, 2.05) is 0 Å². The number of rotatable bonds is 11. The summed E-state index contributed by atoms with van der Waals surface area (Å²) in [6.07, 6.45) is 13.4. The lowest BCUT2D eigenvalue weighted by molar-refractivity contribution is -0.696. The molecule has 0 radical (unpaired) electrons. The second-order valence-electron chi connectivity index (χ2n) is 10.6. The van der Waals surface area contributed by atoms with Crippen molar-refractivity contribution in [1.82, 2.24) is 4.57 Å². The van der Waals surface area contributed by atoms with Crippen LogP contribution in [0.3, 0.4) is 0 Å². The number of aromatic nitrogens is 2. The molecule has 0 fully saturated rings. The lowest BCUT2D eigenvalue weighted by atomic mass is 9.13. The van der Waals surface area contributed by atoms with E-state index in [2.05, 4.69) is 163 Å². The Morgan fingerprint density at radius 2 is 0.923 bits per heavy atom. The van der Waals surface area contributed by atoms with Gasteiger partial charge in [0.05, 0.1) is 13.6 Å². The van der Waals surface area contributed by atoms with Crippen LogP contribution < -0.4 is 26.4 Å². The highest BCUT2D eigenvalue weighted by Gasteiger charge is 2.31. The van der Waals surface area contributed by atoms with Crippen LogP contribution >= 0.6 is 0 Å². The van der Waals surface area contributed by atoms with Crippen molar-refractivity contribution in [1.29, 1.82) is 0 Å². The van der Waals surface area contributed by atoms with Crippen LogP contribution in [-0.4, -0.2) is 10.7 Å². The summed E-state index contributed by atoms with van der Waals surface area (Å²) >= 11 is 0. The molecule has 0 amide bonds. The van der Waals surface area contributed by atoms with Crippen molar-refractivity contribution in [3.63, 3.8) is 0 Å². The van der Waals surface area contributed by atoms with Gasteiger partial charge < -0.3 is 0 Å². The molecule has 0 aliphatic rings. The van der Waals surface area contributed by atoms with Crippen LogP contribution in [0.5, 0.6) is 0 Å². The van der Waals surface area contributed by atoms with E-state index in [4.69, 9.17) is 0 Å². The van der Waals surface area contributed by atoms with Crippen molar-refractivity contribution in [3.8, 4) is 0 Å². The molecule has 39 heavy (non-hydrogen) atoms. The van der Waals surface area contributed by atoms with E-state index in [1.54, 1.807) is 0 Å². The standard InChI is InChI=1S/C24H20B.C12H23N2/c1-5-13-21(14-6-1)25(22-15-7-2-8-16-22,23-17-9-3-10-18-23)24-19-11-4-12-20-24;1-3-4-5-6-7-8-9-14-11-10-13(2)12-14/h1-20H;10-12H,3-9H2,1-2H3/q-1;+1. The van der Waals surface area contributed by atoms with Gasteiger partial charge in [-0.3, -0.25) is 0 Å². The van der Waals surface area contributed by atoms with Crippen LogP contribution in [0.4, 0.5) is 0 Å². The topological polar surface area (TPSA) is 8.81 Å². The van der Waals surface area contributed by atoms with Gasteiger partial charge in [0.15, 0.2) is 0 Å². The van der Waals surface area contributed by atoms with Crippen LogP contribution in [0, 0.1) is 0 Å². The number of unbranched alkanes of at least 4 members (excludes halogenated alkanes) is 5. The van der Waals surface area contributed by atoms with Gasteiger partial charge in [-0.15, -0.1) is 0 Å². The average molecular weight is 515 g/mol. The van der Waals surface area contributed by atoms with E-state index in [9.17, 15) is 0 Å². The van der Waals surface area contributed by atoms with Gasteiger partial charge >= 0.3 is 0 Å². The van der Waals surface area contributed by atoms with Gasteiger partial charge in [0, 0.05) is 0 Å². The third-order valence-corrected chi connectivity index (χ3v) is 7.79. The largest absolute Gasteiger partial charge is 0.243 e. The van der Waals surface area contributed by atoms with Gasteiger partial charge in [-0.2, -0.15) is 21.9 Å². The van der Waals surface area contributed by atoms with Crippen molar-refractivity contribution >= 4 is 28.0 Å². The summed E-state index contributed by atoms with van der Waals surface area (Å²) in [6, 6.07) is 43.5. The van der Waals surface area contributed by atoms with Gasteiger partial charge in [-0.05, 0) is 12.8 Å². The monoisotopic (exact) mass is 514 g/mol. The lowest BCUT2D eigenvalue weighted by Crippen LogP contribution is -2.74. The van der Waals surface area contributed by atoms with E-state index >= 15 is 0 Å². The van der Waals surface area contributed by atoms with Gasteiger partial charge in [0.2, 0.25) is 6.33 Å². The molecular weight excluding hydrogens is 471 g/mol. The molecule has 0 unspecified atom stereocenters. The zero-order chi connectivity index (χ0) is 27.2. The molecule has 5 aromatic rings. The molecule has 0 bridgehead atoms. The predicted octanol–water partition coefficient (Wildman–Crippen LogP) is 5.74. The van der Waals surface area contributed by atoms with E-state index in [0.29, 0.717) is 0 Å². The Hall–Kier alpha value is -3.85. The highest BCUT2D eigenvalue weighted by molar-refractivity contribution is 7.19. The molecule has 5 rings (SSSR count). The van der Waals surface area contributed by atoms with Crippen LogP contribution in [0.25, 0.3) is 0 Å². The molecule has 0 atom stereocenters. The molecule has 4 aromatic carbocycles. The first-order chi connectivity index (χ1) is 19.2. The molecule has 3 heteroatoms. The third kappa shape index (κ3) is 7.38. The highest BCUT2D eigenvalue weighted by Crippen LogP contribution is 2.09. The molecule has 0 spiro atoms. The summed E-state index contributed by atoms with van der Waals surface area (Å²) in [5.41, 5.74) is 5.36. The number of benzene rings is 4. The molecule has 0 aliphatic heterocycles. The number of nitrogens with zero attached hydrogens (tertiary/aromatic N) is 2. The van der Waals surface area contributed by atoms with Gasteiger partial charge in [0.1, 0.15) is 18.5 Å². The first-order valence-corrected chi connectivity index (χ1v) is 14.6. The fourth-order valence-electron chi connectivity index (χ4n) is 5.83. The number of imidazole rings is 1. The Bertz CT molecular complexity index is 1170. The molecule has 0 aliphatic carbocycles. The van der Waals surface area contributed by atoms with E-state index in [-0.39, 0.29) is 0 Å². The van der Waals surface area contributed by atoms with Crippen molar-refractivity contribution in [2.45, 2.75) is 52.0 Å². The second kappa shape index (κ2) is 14.9. The van der Waals surface area contributed by atoms with Crippen molar-refractivity contribution in [3.05, 3.63) is 140 Å². The smallest absolute Gasteiger partial charge is 0.240 e. The Labute approximate surface area is 235 Å². The van der Waals surface area contributed by atoms with Gasteiger partial charge in [-0.1, -0.05) is 154 Å². The molecule has 1 heterocycles. The van der Waals surface area contributed by atoms with E-state index in [0.717, 1.165) is 0 Å². The molecule has 1 aromatic heterocycles. The minimum absolute atomic E-state index is 1.17. The molecule has 0 saturated heterocycles. The predicted molar refractivity (Wildman–Crippen MR) is 169 cm³/mol. The summed E-state index contributed by atoms with van der Waals surface area (Å²) in [4.78, 5) is 0. The quantitative estimate of drug-likeness (QED) is 0.121. The van der Waals surface area contributed by atoms with Crippen LogP contribution in [0.2, 0.25) is 0 Å². The Balaban J connectivity index is 0.000000215. The van der Waals surface area contributed by atoms with E-state index in [1.165, 1.54) is 66.9 Å². The van der Waals surface area contributed by atoms with Crippen molar-refractivity contribution in [2.24, 2.45) is 7.05 Å². The summed E-state index contributed by atoms with van der Waals surface area (Å²) < 4.78 is 4.36. The molecule has 0 N–H and O–H groups in total. The first-order valence-electron chi connectivity index (χ1n) is 14.6. The highest BCUT2D eigenvalue weighted by atomic mass is 15.1. The zero-order valence-corrected chi connectivity index (χ0v) is 23.7. The Kier molecular flexibility index (Phi) is 10.8. The second-order valence-corrected chi connectivity index (χ2v) is 10.6. The average Bonchev–Trinajstić information content (AvgIpc) is 3.43. The van der Waals surface area contributed by atoms with Crippen LogP contribution in [-0.2, 0) is 13.6 Å². The maximum absolute atomic E-state index is 2.26. The maximum Gasteiger partial charge on any atom is 0.243 e. The summed E-state index contributed by atoms with van der Waals surface area (Å²) in [5, 5.41) is 0. The normalized spacial score (nSPS) is 11.0. The molecular formula is C36H43BN2. The molecule has 2 nitrogen and oxygen atoms in total. The van der Waals surface area contributed by atoms with Gasteiger partial charge in [0.25, 0.3) is 0 Å². The molecule has 0 saturated carbocycles. The SMILES string of the molecule is CCCCCCCC[n+]1ccn(C)c1.c1ccc([B-](c2ccccc2)(c2ccccc2)c2ccccc2)cc1. The summed E-state index contributed by atoms with van der Waals surface area (Å²) in [7, 11) is 2.07. The van der Waals surface area contributed by atoms with E-state index < -0.39 is 6.15 Å². The van der Waals surface area contributed by atoms with Gasteiger partial charge in [-0.25, -0.2) is 9.13 Å². The Morgan fingerprint density at radius 3 is 1.28 bits per heavy atom. The minimum atomic E-state index is -1.22. The summed E-state index contributed by atoms with van der Waals surface area (Å²) in [5.74, 6) is 0. The van der Waals surface area contributed by atoms with Crippen LogP contribution in [0.15, 0.2) is 140 Å². The zero-order valence-electron chi connectivity index (χ0n) is 23.7. The number of hydrogen-bond donors (Lipinski definition) is 0. The fraction of sp³-hybridized carbons (Fsp3) is 0.250. The maximum atomic E-state index is 2.26. The van der Waals surface area contributed by atoms with Crippen molar-refractivity contribution in [2.75, 3.05) is 0 Å². The molecule has 200 valence electrons. The minimum Gasteiger partial charge on any atom is -0.240 e. The number of hydrogen-bond acceptors (Lipinski definition) is 0. The summed E-state index contributed by atoms with van der Waals surface area (Å²) in [6.45, 7) is 3.44. The van der Waals surface area contributed by atoms with Crippen LogP contribution in [0.1, 0.15) is 45.4 Å².